The lowest BCUT2D eigenvalue weighted by Crippen LogP contribution is -2.14. The first kappa shape index (κ1) is 17.1. The van der Waals surface area contributed by atoms with Crippen molar-refractivity contribution in [2.75, 3.05) is 23.7 Å². The van der Waals surface area contributed by atoms with Crippen molar-refractivity contribution in [2.24, 2.45) is 0 Å². The Morgan fingerprint density at radius 3 is 2.43 bits per heavy atom. The van der Waals surface area contributed by atoms with Crippen LogP contribution in [0.25, 0.3) is 0 Å². The van der Waals surface area contributed by atoms with Crippen molar-refractivity contribution in [3.8, 4) is 5.75 Å². The van der Waals surface area contributed by atoms with E-state index in [9.17, 15) is 8.42 Å². The van der Waals surface area contributed by atoms with Crippen molar-refractivity contribution in [1.82, 2.24) is 4.98 Å². The third-order valence-electron chi connectivity index (χ3n) is 3.23. The third kappa shape index (κ3) is 4.85. The molecule has 0 saturated heterocycles. The maximum Gasteiger partial charge on any atom is 0.263 e. The first-order valence-corrected chi connectivity index (χ1v) is 8.90. The first-order chi connectivity index (χ1) is 11.0. The predicted molar refractivity (Wildman–Crippen MR) is 91.4 cm³/mol. The summed E-state index contributed by atoms with van der Waals surface area (Å²) in [6.45, 7) is 2.99. The van der Waals surface area contributed by atoms with Gasteiger partial charge >= 0.3 is 0 Å². The number of pyridine rings is 1. The first-order valence-electron chi connectivity index (χ1n) is 7.42. The topological polar surface area (TPSA) is 80.3 Å². The Kier molecular flexibility index (Phi) is 5.81. The molecule has 0 atom stereocenters. The van der Waals surface area contributed by atoms with Gasteiger partial charge in [0.1, 0.15) is 11.6 Å². The molecule has 0 unspecified atom stereocenters. The van der Waals surface area contributed by atoms with Crippen LogP contribution in [0.3, 0.4) is 0 Å². The number of hydrogen-bond acceptors (Lipinski definition) is 5. The van der Waals surface area contributed by atoms with Gasteiger partial charge in [0.25, 0.3) is 10.0 Å². The fourth-order valence-corrected chi connectivity index (χ4v) is 2.93. The fraction of sp³-hybridized carbons (Fsp3) is 0.312. The summed E-state index contributed by atoms with van der Waals surface area (Å²) >= 11 is 0. The molecule has 23 heavy (non-hydrogen) atoms. The number of hydrogen-bond donors (Lipinski definition) is 2. The molecular formula is C16H21N3O3S. The van der Waals surface area contributed by atoms with E-state index < -0.39 is 10.0 Å². The minimum Gasteiger partial charge on any atom is -0.497 e. The van der Waals surface area contributed by atoms with Gasteiger partial charge in [0.2, 0.25) is 0 Å². The molecule has 0 aliphatic heterocycles. The van der Waals surface area contributed by atoms with E-state index >= 15 is 0 Å². The van der Waals surface area contributed by atoms with E-state index in [1.807, 2.05) is 0 Å². The van der Waals surface area contributed by atoms with Crippen LogP contribution in [-0.4, -0.2) is 27.1 Å². The van der Waals surface area contributed by atoms with Crippen LogP contribution in [0.4, 0.5) is 11.5 Å². The van der Waals surface area contributed by atoms with E-state index in [-0.39, 0.29) is 10.7 Å². The zero-order valence-corrected chi connectivity index (χ0v) is 14.1. The van der Waals surface area contributed by atoms with Crippen molar-refractivity contribution < 1.29 is 13.2 Å². The Morgan fingerprint density at radius 2 is 1.87 bits per heavy atom. The van der Waals surface area contributed by atoms with Gasteiger partial charge in [-0.15, -0.1) is 0 Å². The van der Waals surface area contributed by atoms with Gasteiger partial charge in [-0.25, -0.2) is 13.4 Å². The molecule has 0 spiro atoms. The number of anilines is 2. The normalized spacial score (nSPS) is 11.0. The van der Waals surface area contributed by atoms with Crippen molar-refractivity contribution in [3.63, 3.8) is 0 Å². The summed E-state index contributed by atoms with van der Waals surface area (Å²) in [4.78, 5) is 4.28. The molecule has 124 valence electrons. The van der Waals surface area contributed by atoms with Crippen LogP contribution < -0.4 is 14.8 Å². The summed E-state index contributed by atoms with van der Waals surface area (Å²) in [5, 5.41) is 3.23. The highest BCUT2D eigenvalue weighted by molar-refractivity contribution is 7.92. The molecule has 1 aromatic heterocycles. The van der Waals surface area contributed by atoms with E-state index in [1.165, 1.54) is 19.2 Å². The molecule has 1 aromatic carbocycles. The fourth-order valence-electron chi connectivity index (χ4n) is 1.92. The molecule has 1 heterocycles. The number of ether oxygens (including phenoxy) is 1. The summed E-state index contributed by atoms with van der Waals surface area (Å²) in [5.74, 6) is 0.881. The number of sulfonamides is 1. The van der Waals surface area contributed by atoms with Crippen LogP contribution in [0, 0.1) is 0 Å². The molecule has 2 rings (SSSR count). The Morgan fingerprint density at radius 1 is 1.13 bits per heavy atom. The highest BCUT2D eigenvalue weighted by atomic mass is 32.2. The molecule has 0 aliphatic rings. The smallest absolute Gasteiger partial charge is 0.263 e. The standard InChI is InChI=1S/C16H21N3O3S/c1-3-4-11-17-13-5-10-16(18-12-13)19-23(20,21)15-8-6-14(22-2)7-9-15/h5-10,12,17H,3-4,11H2,1-2H3,(H,18,19). The zero-order chi connectivity index (χ0) is 16.7. The SMILES string of the molecule is CCCCNc1ccc(NS(=O)(=O)c2ccc(OC)cc2)nc1. The lowest BCUT2D eigenvalue weighted by Gasteiger charge is -2.09. The van der Waals surface area contributed by atoms with Crippen LogP contribution in [0.15, 0.2) is 47.5 Å². The van der Waals surface area contributed by atoms with E-state index in [2.05, 4.69) is 21.9 Å². The number of benzene rings is 1. The molecule has 7 heteroatoms. The van der Waals surface area contributed by atoms with E-state index in [4.69, 9.17) is 4.74 Å². The summed E-state index contributed by atoms with van der Waals surface area (Å²) in [7, 11) is -2.13. The van der Waals surface area contributed by atoms with Crippen LogP contribution in [-0.2, 0) is 10.0 Å². The van der Waals surface area contributed by atoms with Gasteiger partial charge < -0.3 is 10.1 Å². The molecule has 0 saturated carbocycles. The molecule has 0 bridgehead atoms. The number of unbranched alkanes of at least 4 members (excludes halogenated alkanes) is 1. The summed E-state index contributed by atoms with van der Waals surface area (Å²) in [5.41, 5.74) is 0.867. The van der Waals surface area contributed by atoms with Gasteiger partial charge in [-0.1, -0.05) is 13.3 Å². The summed E-state index contributed by atoms with van der Waals surface area (Å²) in [6, 6.07) is 9.61. The average Bonchev–Trinajstić information content (AvgIpc) is 2.56. The third-order valence-corrected chi connectivity index (χ3v) is 4.60. The number of nitrogens with one attached hydrogen (secondary N) is 2. The van der Waals surface area contributed by atoms with Crippen LogP contribution in [0.2, 0.25) is 0 Å². The monoisotopic (exact) mass is 335 g/mol. The van der Waals surface area contributed by atoms with E-state index in [0.29, 0.717) is 5.75 Å². The number of aromatic nitrogens is 1. The van der Waals surface area contributed by atoms with Crippen molar-refractivity contribution in [2.45, 2.75) is 24.7 Å². The molecule has 2 aromatic rings. The Balaban J connectivity index is 2.04. The Labute approximate surface area is 137 Å². The highest BCUT2D eigenvalue weighted by Gasteiger charge is 2.14. The maximum absolute atomic E-state index is 12.3. The second kappa shape index (κ2) is 7.82. The van der Waals surface area contributed by atoms with Gasteiger partial charge in [0.05, 0.1) is 23.9 Å². The lowest BCUT2D eigenvalue weighted by molar-refractivity contribution is 0.414. The lowest BCUT2D eigenvalue weighted by atomic mass is 10.3. The van der Waals surface area contributed by atoms with Gasteiger partial charge in [-0.3, -0.25) is 4.72 Å². The highest BCUT2D eigenvalue weighted by Crippen LogP contribution is 2.18. The van der Waals surface area contributed by atoms with Gasteiger partial charge in [0, 0.05) is 6.54 Å². The Bertz CT molecular complexity index is 713. The summed E-state index contributed by atoms with van der Waals surface area (Å²) in [6.07, 6.45) is 3.80. The van der Waals surface area contributed by atoms with Crippen molar-refractivity contribution in [1.29, 1.82) is 0 Å². The van der Waals surface area contributed by atoms with Crippen LogP contribution >= 0.6 is 0 Å². The molecule has 2 N–H and O–H groups in total. The van der Waals surface area contributed by atoms with E-state index in [0.717, 1.165) is 25.1 Å². The molecular weight excluding hydrogens is 314 g/mol. The quantitative estimate of drug-likeness (QED) is 0.725. The predicted octanol–water partition coefficient (Wildman–Crippen LogP) is 3.10. The van der Waals surface area contributed by atoms with Gasteiger partial charge in [0.15, 0.2) is 0 Å². The minimum atomic E-state index is -3.66. The van der Waals surface area contributed by atoms with Gasteiger partial charge in [-0.2, -0.15) is 0 Å². The second-order valence-electron chi connectivity index (χ2n) is 4.99. The number of rotatable bonds is 8. The largest absolute Gasteiger partial charge is 0.497 e. The number of nitrogens with zero attached hydrogens (tertiary/aromatic N) is 1. The molecule has 0 radical (unpaired) electrons. The van der Waals surface area contributed by atoms with Crippen molar-refractivity contribution >= 4 is 21.5 Å². The van der Waals surface area contributed by atoms with Gasteiger partial charge in [-0.05, 0) is 42.8 Å². The average molecular weight is 335 g/mol. The van der Waals surface area contributed by atoms with Crippen LogP contribution in [0.1, 0.15) is 19.8 Å². The molecule has 0 aliphatic carbocycles. The molecule has 0 fully saturated rings. The van der Waals surface area contributed by atoms with E-state index in [1.54, 1.807) is 30.5 Å². The number of methoxy groups -OCH3 is 1. The minimum absolute atomic E-state index is 0.158. The zero-order valence-electron chi connectivity index (χ0n) is 13.2. The second-order valence-corrected chi connectivity index (χ2v) is 6.68. The summed E-state index contributed by atoms with van der Waals surface area (Å²) < 4.78 is 32.1. The Hall–Kier alpha value is -2.28. The maximum atomic E-state index is 12.3. The molecule has 6 nitrogen and oxygen atoms in total. The van der Waals surface area contributed by atoms with Crippen molar-refractivity contribution in [3.05, 3.63) is 42.6 Å². The van der Waals surface area contributed by atoms with Crippen LogP contribution in [0.5, 0.6) is 5.75 Å². The molecule has 0 amide bonds.